The molecule has 0 aliphatic heterocycles. The molecule has 0 saturated carbocycles. The van der Waals surface area contributed by atoms with Crippen LogP contribution in [-0.4, -0.2) is 18.0 Å². The van der Waals surface area contributed by atoms with Gasteiger partial charge in [-0.1, -0.05) is 22.0 Å². The van der Waals surface area contributed by atoms with Crippen LogP contribution in [0.25, 0.3) is 22.6 Å². The van der Waals surface area contributed by atoms with Crippen molar-refractivity contribution < 1.29 is 13.9 Å². The molecule has 146 valence electrons. The Morgan fingerprint density at radius 2 is 1.83 bits per heavy atom. The number of carbonyl (C=O) groups is 1. The molecule has 3 aromatic carbocycles. The largest absolute Gasteiger partial charge is 0.496 e. The van der Waals surface area contributed by atoms with E-state index in [4.69, 9.17) is 9.15 Å². The topological polar surface area (TPSA) is 64.4 Å². The Balaban J connectivity index is 1.57. The van der Waals surface area contributed by atoms with Crippen molar-refractivity contribution in [1.29, 1.82) is 0 Å². The Bertz CT molecular complexity index is 1210. The molecule has 0 radical (unpaired) electrons. The average molecular weight is 451 g/mol. The second-order valence-corrected chi connectivity index (χ2v) is 7.74. The van der Waals surface area contributed by atoms with Gasteiger partial charge in [0, 0.05) is 15.7 Å². The highest BCUT2D eigenvalue weighted by Gasteiger charge is 2.16. The molecule has 0 unspecified atom stereocenters. The van der Waals surface area contributed by atoms with Gasteiger partial charge in [-0.3, -0.25) is 4.79 Å². The van der Waals surface area contributed by atoms with Crippen molar-refractivity contribution in [3.63, 3.8) is 0 Å². The highest BCUT2D eigenvalue weighted by molar-refractivity contribution is 9.10. The summed E-state index contributed by atoms with van der Waals surface area (Å²) < 4.78 is 12.1. The number of methoxy groups -OCH3 is 1. The highest BCUT2D eigenvalue weighted by atomic mass is 79.9. The molecule has 0 fully saturated rings. The summed E-state index contributed by atoms with van der Waals surface area (Å²) in [5, 5.41) is 2.91. The summed E-state index contributed by atoms with van der Waals surface area (Å²) in [7, 11) is 1.56. The molecular weight excluding hydrogens is 432 g/mol. The maximum absolute atomic E-state index is 12.8. The van der Waals surface area contributed by atoms with Crippen molar-refractivity contribution in [1.82, 2.24) is 4.98 Å². The first kappa shape index (κ1) is 19.2. The highest BCUT2D eigenvalue weighted by Crippen LogP contribution is 2.29. The van der Waals surface area contributed by atoms with Crippen molar-refractivity contribution in [3.8, 4) is 17.2 Å². The van der Waals surface area contributed by atoms with E-state index in [1.54, 1.807) is 13.2 Å². The van der Waals surface area contributed by atoms with Crippen LogP contribution in [0.1, 0.15) is 21.5 Å². The SMILES string of the molecule is COc1c(C)cc(Br)cc1C(=O)Nc1ccc(-c2nc3cc(C)ccc3o2)cc1. The van der Waals surface area contributed by atoms with Crippen LogP contribution in [0.2, 0.25) is 0 Å². The first-order valence-electron chi connectivity index (χ1n) is 9.08. The zero-order valence-electron chi connectivity index (χ0n) is 16.2. The number of halogens is 1. The van der Waals surface area contributed by atoms with E-state index in [2.05, 4.69) is 26.2 Å². The van der Waals surface area contributed by atoms with Gasteiger partial charge in [-0.2, -0.15) is 0 Å². The van der Waals surface area contributed by atoms with Gasteiger partial charge in [-0.15, -0.1) is 0 Å². The van der Waals surface area contributed by atoms with Crippen LogP contribution in [0, 0.1) is 13.8 Å². The Hall–Kier alpha value is -3.12. The molecule has 1 aromatic heterocycles. The third-order valence-corrected chi connectivity index (χ3v) is 5.08. The van der Waals surface area contributed by atoms with Gasteiger partial charge < -0.3 is 14.5 Å². The van der Waals surface area contributed by atoms with Gasteiger partial charge in [0.2, 0.25) is 5.89 Å². The molecule has 0 spiro atoms. The lowest BCUT2D eigenvalue weighted by atomic mass is 10.1. The zero-order valence-corrected chi connectivity index (χ0v) is 17.8. The van der Waals surface area contributed by atoms with E-state index >= 15 is 0 Å². The van der Waals surface area contributed by atoms with Crippen molar-refractivity contribution in [2.75, 3.05) is 12.4 Å². The van der Waals surface area contributed by atoms with E-state index in [1.807, 2.05) is 62.4 Å². The van der Waals surface area contributed by atoms with E-state index in [1.165, 1.54) is 0 Å². The average Bonchev–Trinajstić information content (AvgIpc) is 3.11. The summed E-state index contributed by atoms with van der Waals surface area (Å²) in [5.41, 5.74) is 5.58. The molecule has 4 aromatic rings. The molecule has 1 N–H and O–H groups in total. The molecule has 4 rings (SSSR count). The number of benzene rings is 3. The minimum atomic E-state index is -0.240. The monoisotopic (exact) mass is 450 g/mol. The number of amides is 1. The number of nitrogens with zero attached hydrogens (tertiary/aromatic N) is 1. The number of fused-ring (bicyclic) bond motifs is 1. The number of carbonyl (C=O) groups excluding carboxylic acids is 1. The lowest BCUT2D eigenvalue weighted by Gasteiger charge is -2.12. The summed E-state index contributed by atoms with van der Waals surface area (Å²) in [4.78, 5) is 17.3. The van der Waals surface area contributed by atoms with Crippen LogP contribution in [-0.2, 0) is 0 Å². The van der Waals surface area contributed by atoms with Crippen LogP contribution in [0.3, 0.4) is 0 Å². The Morgan fingerprint density at radius 1 is 1.07 bits per heavy atom. The van der Waals surface area contributed by atoms with E-state index in [9.17, 15) is 4.79 Å². The maximum Gasteiger partial charge on any atom is 0.259 e. The van der Waals surface area contributed by atoms with Gasteiger partial charge in [0.1, 0.15) is 11.3 Å². The van der Waals surface area contributed by atoms with Crippen molar-refractivity contribution in [2.24, 2.45) is 0 Å². The summed E-state index contributed by atoms with van der Waals surface area (Å²) in [6, 6.07) is 17.0. The second kappa shape index (κ2) is 7.72. The second-order valence-electron chi connectivity index (χ2n) is 6.83. The van der Waals surface area contributed by atoms with Crippen molar-refractivity contribution in [3.05, 3.63) is 75.8 Å². The summed E-state index contributed by atoms with van der Waals surface area (Å²) >= 11 is 3.43. The smallest absolute Gasteiger partial charge is 0.259 e. The van der Waals surface area contributed by atoms with E-state index in [-0.39, 0.29) is 5.91 Å². The Labute approximate surface area is 176 Å². The first-order chi connectivity index (χ1) is 13.9. The number of aryl methyl sites for hydroxylation is 2. The van der Waals surface area contributed by atoms with Crippen molar-refractivity contribution in [2.45, 2.75) is 13.8 Å². The van der Waals surface area contributed by atoms with Crippen LogP contribution in [0.4, 0.5) is 5.69 Å². The third kappa shape index (κ3) is 3.89. The molecule has 1 heterocycles. The Kier molecular flexibility index (Phi) is 5.11. The molecule has 0 atom stereocenters. The minimum absolute atomic E-state index is 0.240. The molecule has 0 aliphatic rings. The first-order valence-corrected chi connectivity index (χ1v) is 9.87. The van der Waals surface area contributed by atoms with Crippen LogP contribution < -0.4 is 10.1 Å². The molecule has 29 heavy (non-hydrogen) atoms. The molecule has 0 bridgehead atoms. The van der Waals surface area contributed by atoms with Gasteiger partial charge >= 0.3 is 0 Å². The van der Waals surface area contributed by atoms with Gasteiger partial charge in [-0.25, -0.2) is 4.98 Å². The fraction of sp³-hybridized carbons (Fsp3) is 0.130. The minimum Gasteiger partial charge on any atom is -0.496 e. The fourth-order valence-corrected chi connectivity index (χ4v) is 3.80. The van der Waals surface area contributed by atoms with Crippen LogP contribution in [0.5, 0.6) is 5.75 Å². The summed E-state index contributed by atoms with van der Waals surface area (Å²) in [6.07, 6.45) is 0. The number of nitrogens with one attached hydrogen (secondary N) is 1. The lowest BCUT2D eigenvalue weighted by Crippen LogP contribution is -2.13. The number of anilines is 1. The summed E-state index contributed by atoms with van der Waals surface area (Å²) in [5.74, 6) is 0.869. The number of aromatic nitrogens is 1. The predicted octanol–water partition coefficient (Wildman–Crippen LogP) is 6.14. The predicted molar refractivity (Wildman–Crippen MR) is 118 cm³/mol. The standard InChI is InChI=1S/C23H19BrN2O3/c1-13-4-9-20-19(10-13)26-23(29-20)15-5-7-17(8-6-15)25-22(27)18-12-16(24)11-14(2)21(18)28-3/h4-12H,1-3H3,(H,25,27). The van der Waals surface area contributed by atoms with Crippen molar-refractivity contribution >= 4 is 38.6 Å². The van der Waals surface area contributed by atoms with Gasteiger partial charge in [0.25, 0.3) is 5.91 Å². The summed E-state index contributed by atoms with van der Waals surface area (Å²) in [6.45, 7) is 3.92. The number of ether oxygens (including phenoxy) is 1. The quantitative estimate of drug-likeness (QED) is 0.405. The van der Waals surface area contributed by atoms with Gasteiger partial charge in [0.05, 0.1) is 12.7 Å². The molecule has 5 nitrogen and oxygen atoms in total. The molecule has 0 saturated heterocycles. The zero-order chi connectivity index (χ0) is 20.5. The Morgan fingerprint density at radius 3 is 2.55 bits per heavy atom. The van der Waals surface area contributed by atoms with Gasteiger partial charge in [-0.05, 0) is 73.5 Å². The number of hydrogen-bond donors (Lipinski definition) is 1. The van der Waals surface area contributed by atoms with Gasteiger partial charge in [0.15, 0.2) is 5.58 Å². The van der Waals surface area contributed by atoms with E-state index < -0.39 is 0 Å². The number of oxazole rings is 1. The molecule has 6 heteroatoms. The van der Waals surface area contributed by atoms with E-state index in [0.29, 0.717) is 22.9 Å². The molecule has 0 aliphatic carbocycles. The van der Waals surface area contributed by atoms with E-state index in [0.717, 1.165) is 32.3 Å². The van der Waals surface area contributed by atoms with Crippen LogP contribution >= 0.6 is 15.9 Å². The normalized spacial score (nSPS) is 10.9. The van der Waals surface area contributed by atoms with Crippen LogP contribution in [0.15, 0.2) is 63.5 Å². The maximum atomic E-state index is 12.8. The third-order valence-electron chi connectivity index (χ3n) is 4.62. The number of rotatable bonds is 4. The fourth-order valence-electron chi connectivity index (χ4n) is 3.23. The number of hydrogen-bond acceptors (Lipinski definition) is 4. The molecular formula is C23H19BrN2O3. The lowest BCUT2D eigenvalue weighted by molar-refractivity contribution is 0.102. The molecule has 1 amide bonds.